The van der Waals surface area contributed by atoms with Crippen LogP contribution >= 0.6 is 0 Å². The number of nitrogens with one attached hydrogen (secondary N) is 1. The van der Waals surface area contributed by atoms with Gasteiger partial charge in [0.15, 0.2) is 0 Å². The van der Waals surface area contributed by atoms with E-state index in [2.05, 4.69) is 16.5 Å². The summed E-state index contributed by atoms with van der Waals surface area (Å²) < 4.78 is 15.1. The van der Waals surface area contributed by atoms with Crippen molar-refractivity contribution in [1.82, 2.24) is 15.1 Å². The maximum absolute atomic E-state index is 13.2. The molecule has 0 bridgehead atoms. The standard InChI is InChI=1S/C15H20FN3/c1-10-7-12(16)5-6-14(10)15(17-3)9-13-8-11(2)18-19(13)4/h5-8,15,17H,9H2,1-4H3. The molecule has 3 nitrogen and oxygen atoms in total. The van der Waals surface area contributed by atoms with Crippen molar-refractivity contribution in [2.75, 3.05) is 7.05 Å². The number of benzene rings is 1. The highest BCUT2D eigenvalue weighted by atomic mass is 19.1. The highest BCUT2D eigenvalue weighted by Crippen LogP contribution is 2.22. The molecule has 0 aliphatic heterocycles. The lowest BCUT2D eigenvalue weighted by molar-refractivity contribution is 0.555. The third-order valence-electron chi connectivity index (χ3n) is 3.47. The summed E-state index contributed by atoms with van der Waals surface area (Å²) in [6, 6.07) is 7.20. The second-order valence-corrected chi connectivity index (χ2v) is 4.95. The third-order valence-corrected chi connectivity index (χ3v) is 3.47. The summed E-state index contributed by atoms with van der Waals surface area (Å²) in [7, 11) is 3.88. The van der Waals surface area contributed by atoms with E-state index in [9.17, 15) is 4.39 Å². The Labute approximate surface area is 113 Å². The van der Waals surface area contributed by atoms with E-state index >= 15 is 0 Å². The van der Waals surface area contributed by atoms with Crippen LogP contribution in [0.1, 0.15) is 28.6 Å². The van der Waals surface area contributed by atoms with Crippen LogP contribution in [0, 0.1) is 19.7 Å². The zero-order valence-corrected chi connectivity index (χ0v) is 11.9. The number of rotatable bonds is 4. The Balaban J connectivity index is 2.27. The molecule has 0 aliphatic rings. The van der Waals surface area contributed by atoms with E-state index in [0.717, 1.165) is 23.2 Å². The van der Waals surface area contributed by atoms with Crippen molar-refractivity contribution >= 4 is 0 Å². The molecule has 0 amide bonds. The topological polar surface area (TPSA) is 29.9 Å². The van der Waals surface area contributed by atoms with Gasteiger partial charge >= 0.3 is 0 Å². The summed E-state index contributed by atoms with van der Waals surface area (Å²) in [5.41, 5.74) is 4.28. The average molecular weight is 261 g/mol. The van der Waals surface area contributed by atoms with E-state index in [4.69, 9.17) is 0 Å². The molecule has 4 heteroatoms. The van der Waals surface area contributed by atoms with Crippen LogP contribution < -0.4 is 5.32 Å². The first-order valence-electron chi connectivity index (χ1n) is 6.44. The number of nitrogens with zero attached hydrogens (tertiary/aromatic N) is 2. The summed E-state index contributed by atoms with van der Waals surface area (Å²) >= 11 is 0. The Kier molecular flexibility index (Phi) is 4.00. The molecule has 1 atom stereocenters. The van der Waals surface area contributed by atoms with Crippen molar-refractivity contribution in [2.24, 2.45) is 7.05 Å². The normalized spacial score (nSPS) is 12.7. The molecule has 0 aliphatic carbocycles. The molecule has 2 aromatic rings. The molecule has 0 saturated carbocycles. The van der Waals surface area contributed by atoms with Crippen molar-refractivity contribution in [1.29, 1.82) is 0 Å². The number of hydrogen-bond acceptors (Lipinski definition) is 2. The van der Waals surface area contributed by atoms with Crippen LogP contribution in [0.4, 0.5) is 4.39 Å². The Morgan fingerprint density at radius 1 is 1.32 bits per heavy atom. The van der Waals surface area contributed by atoms with E-state index in [1.165, 1.54) is 11.8 Å². The Morgan fingerprint density at radius 3 is 2.58 bits per heavy atom. The van der Waals surface area contributed by atoms with Crippen LogP contribution in [-0.2, 0) is 13.5 Å². The van der Waals surface area contributed by atoms with Crippen molar-refractivity contribution in [2.45, 2.75) is 26.3 Å². The zero-order valence-electron chi connectivity index (χ0n) is 11.9. The molecule has 1 aromatic carbocycles. The molecule has 2 rings (SSSR count). The second kappa shape index (κ2) is 5.53. The predicted octanol–water partition coefficient (Wildman–Crippen LogP) is 2.68. The van der Waals surface area contributed by atoms with E-state index in [-0.39, 0.29) is 11.9 Å². The van der Waals surface area contributed by atoms with Crippen LogP contribution in [0.15, 0.2) is 24.3 Å². The number of likely N-dealkylation sites (N-methyl/N-ethyl adjacent to an activating group) is 1. The highest BCUT2D eigenvalue weighted by molar-refractivity contribution is 5.30. The fourth-order valence-corrected chi connectivity index (χ4v) is 2.46. The van der Waals surface area contributed by atoms with Gasteiger partial charge in [-0.1, -0.05) is 6.07 Å². The van der Waals surface area contributed by atoms with Crippen molar-refractivity contribution in [3.8, 4) is 0 Å². The van der Waals surface area contributed by atoms with Gasteiger partial charge in [-0.15, -0.1) is 0 Å². The summed E-state index contributed by atoms with van der Waals surface area (Å²) in [6.07, 6.45) is 0.834. The number of aromatic nitrogens is 2. The molecule has 0 radical (unpaired) electrons. The maximum atomic E-state index is 13.2. The quantitative estimate of drug-likeness (QED) is 0.917. The number of halogens is 1. The predicted molar refractivity (Wildman–Crippen MR) is 74.6 cm³/mol. The van der Waals surface area contributed by atoms with Gasteiger partial charge in [-0.3, -0.25) is 4.68 Å². The Hall–Kier alpha value is -1.68. The minimum absolute atomic E-state index is 0.162. The van der Waals surface area contributed by atoms with E-state index in [0.29, 0.717) is 0 Å². The maximum Gasteiger partial charge on any atom is 0.123 e. The van der Waals surface area contributed by atoms with Crippen LogP contribution in [0.3, 0.4) is 0 Å². The summed E-state index contributed by atoms with van der Waals surface area (Å²) in [5, 5.41) is 7.66. The minimum atomic E-state index is -0.188. The average Bonchev–Trinajstić information content (AvgIpc) is 2.65. The SMILES string of the molecule is CNC(Cc1cc(C)nn1C)c1ccc(F)cc1C. The third kappa shape index (κ3) is 3.01. The summed E-state index contributed by atoms with van der Waals surface area (Å²) in [5.74, 6) is -0.188. The van der Waals surface area contributed by atoms with Crippen LogP contribution in [0.2, 0.25) is 0 Å². The van der Waals surface area contributed by atoms with Gasteiger partial charge in [0.05, 0.1) is 5.69 Å². The Morgan fingerprint density at radius 2 is 2.05 bits per heavy atom. The molecule has 0 saturated heterocycles. The first kappa shape index (κ1) is 13.7. The first-order chi connectivity index (χ1) is 9.01. The fraction of sp³-hybridized carbons (Fsp3) is 0.400. The molecule has 1 aromatic heterocycles. The lowest BCUT2D eigenvalue weighted by atomic mass is 9.97. The summed E-state index contributed by atoms with van der Waals surface area (Å²) in [4.78, 5) is 0. The van der Waals surface area contributed by atoms with Gasteiger partial charge in [0.1, 0.15) is 5.82 Å². The van der Waals surface area contributed by atoms with Gasteiger partial charge in [0.25, 0.3) is 0 Å². The number of aryl methyl sites for hydroxylation is 3. The lowest BCUT2D eigenvalue weighted by Gasteiger charge is -2.19. The second-order valence-electron chi connectivity index (χ2n) is 4.95. The molecular weight excluding hydrogens is 241 g/mol. The molecule has 1 N–H and O–H groups in total. The van der Waals surface area contributed by atoms with Crippen LogP contribution in [0.5, 0.6) is 0 Å². The highest BCUT2D eigenvalue weighted by Gasteiger charge is 2.15. The van der Waals surface area contributed by atoms with E-state index in [1.54, 1.807) is 6.07 Å². The molecule has 0 spiro atoms. The molecule has 102 valence electrons. The van der Waals surface area contributed by atoms with Crippen molar-refractivity contribution < 1.29 is 4.39 Å². The van der Waals surface area contributed by atoms with Crippen LogP contribution in [-0.4, -0.2) is 16.8 Å². The van der Waals surface area contributed by atoms with Gasteiger partial charge in [-0.2, -0.15) is 5.10 Å². The largest absolute Gasteiger partial charge is 0.313 e. The monoisotopic (exact) mass is 261 g/mol. The van der Waals surface area contributed by atoms with Crippen molar-refractivity contribution in [3.05, 3.63) is 52.6 Å². The molecule has 19 heavy (non-hydrogen) atoms. The zero-order chi connectivity index (χ0) is 14.0. The lowest BCUT2D eigenvalue weighted by Crippen LogP contribution is -2.21. The fourth-order valence-electron chi connectivity index (χ4n) is 2.46. The molecule has 0 fully saturated rings. The Bertz CT molecular complexity index is 575. The summed E-state index contributed by atoms with van der Waals surface area (Å²) in [6.45, 7) is 3.93. The smallest absolute Gasteiger partial charge is 0.123 e. The van der Waals surface area contributed by atoms with Crippen molar-refractivity contribution in [3.63, 3.8) is 0 Å². The van der Waals surface area contributed by atoms with Gasteiger partial charge in [0.2, 0.25) is 0 Å². The first-order valence-corrected chi connectivity index (χ1v) is 6.44. The minimum Gasteiger partial charge on any atom is -0.313 e. The van der Waals surface area contributed by atoms with Crippen LogP contribution in [0.25, 0.3) is 0 Å². The molecule has 1 heterocycles. The number of hydrogen-bond donors (Lipinski definition) is 1. The van der Waals surface area contributed by atoms with Gasteiger partial charge < -0.3 is 5.32 Å². The molecule has 1 unspecified atom stereocenters. The van der Waals surface area contributed by atoms with E-state index < -0.39 is 0 Å². The van der Waals surface area contributed by atoms with Gasteiger partial charge in [-0.05, 0) is 50.2 Å². The van der Waals surface area contributed by atoms with Gasteiger partial charge in [-0.25, -0.2) is 4.39 Å². The molecular formula is C15H20FN3. The van der Waals surface area contributed by atoms with Gasteiger partial charge in [0, 0.05) is 25.2 Å². The van der Waals surface area contributed by atoms with E-state index in [1.807, 2.05) is 38.7 Å².